The van der Waals surface area contributed by atoms with E-state index in [1.165, 1.54) is 63.0 Å². The topological polar surface area (TPSA) is 35.6 Å². The number of para-hydroxylation sites is 2. The molecule has 0 saturated heterocycles. The fourth-order valence-electron chi connectivity index (χ4n) is 12.4. The molecule has 0 radical (unpaired) electrons. The largest absolute Gasteiger partial charge is 0.294 e. The third kappa shape index (κ3) is 7.18. The molecule has 76 heavy (non-hydrogen) atoms. The van der Waals surface area contributed by atoms with Crippen molar-refractivity contribution >= 4 is 101 Å². The lowest BCUT2D eigenvalue weighted by Gasteiger charge is -2.34. The summed E-state index contributed by atoms with van der Waals surface area (Å²) in [6.07, 6.45) is 0. The van der Waals surface area contributed by atoms with Gasteiger partial charge in [0.2, 0.25) is 0 Å². The molecule has 0 aliphatic rings. The van der Waals surface area contributed by atoms with E-state index in [-0.39, 0.29) is 0 Å². The molecule has 0 fully saturated rings. The smallest absolute Gasteiger partial charge is 0.179 e. The van der Waals surface area contributed by atoms with Crippen molar-refractivity contribution in [2.24, 2.45) is 0 Å². The zero-order valence-corrected chi connectivity index (χ0v) is 43.7. The zero-order chi connectivity index (χ0) is 50.5. The minimum absolute atomic E-state index is 0.658. The highest BCUT2D eigenvalue weighted by Gasteiger charge is 2.43. The van der Waals surface area contributed by atoms with Crippen LogP contribution in [0.2, 0.25) is 0 Å². The summed E-state index contributed by atoms with van der Waals surface area (Å²) in [5.74, 6) is 2.25. The third-order valence-electron chi connectivity index (χ3n) is 15.6. The molecule has 4 nitrogen and oxygen atoms in total. The van der Waals surface area contributed by atoms with Crippen LogP contribution in [0.5, 0.6) is 0 Å². The normalized spacial score (nSPS) is 11.9. The van der Waals surface area contributed by atoms with Gasteiger partial charge in [0.25, 0.3) is 0 Å². The van der Waals surface area contributed by atoms with Crippen molar-refractivity contribution in [3.63, 3.8) is 0 Å². The van der Waals surface area contributed by atoms with Gasteiger partial charge in [-0.1, -0.05) is 273 Å². The van der Waals surface area contributed by atoms with Gasteiger partial charge in [-0.25, -0.2) is 9.97 Å². The number of rotatable bonds is 11. The van der Waals surface area contributed by atoms with Crippen LogP contribution in [0.1, 0.15) is 0 Å². The fourth-order valence-corrected chi connectivity index (χ4v) is 21.9. The monoisotopic (exact) mass is 1000 g/mol. The van der Waals surface area contributed by atoms with Crippen LogP contribution in [-0.2, 0) is 0 Å². The maximum Gasteiger partial charge on any atom is 0.179 e. The highest BCUT2D eigenvalue weighted by Crippen LogP contribution is 2.36. The maximum absolute atomic E-state index is 5.60. The lowest BCUT2D eigenvalue weighted by Crippen LogP contribution is -2.74. The van der Waals surface area contributed by atoms with Crippen LogP contribution < -0.4 is 41.5 Å². The average Bonchev–Trinajstić information content (AvgIpc) is 4.12. The quantitative estimate of drug-likeness (QED) is 0.0956. The van der Waals surface area contributed by atoms with Crippen LogP contribution in [0.4, 0.5) is 0 Å². The number of hydrogen-bond acceptors (Lipinski definition) is 2. The van der Waals surface area contributed by atoms with Gasteiger partial charge in [0, 0.05) is 33.2 Å². The Morgan fingerprint density at radius 3 is 0.829 bits per heavy atom. The van der Waals surface area contributed by atoms with Gasteiger partial charge in [-0.05, 0) is 65.8 Å². The molecule has 3 aromatic heterocycles. The number of nitrogens with zero attached hydrogens (tertiary/aromatic N) is 4. The van der Waals surface area contributed by atoms with Crippen molar-refractivity contribution in [2.45, 2.75) is 0 Å². The number of fused-ring (bicyclic) bond motifs is 6. The molecule has 0 unspecified atom stereocenters. The molecule has 0 aliphatic carbocycles. The van der Waals surface area contributed by atoms with E-state index in [0.717, 1.165) is 39.3 Å². The van der Waals surface area contributed by atoms with Crippen LogP contribution in [0, 0.1) is 0 Å². The van der Waals surface area contributed by atoms with Gasteiger partial charge < -0.3 is 0 Å². The van der Waals surface area contributed by atoms with E-state index in [9.17, 15) is 0 Å². The molecule has 0 aliphatic heterocycles. The van der Waals surface area contributed by atoms with Crippen molar-refractivity contribution in [3.8, 4) is 23.0 Å². The highest BCUT2D eigenvalue weighted by atomic mass is 28.3. The molecule has 3 heterocycles. The van der Waals surface area contributed by atoms with Crippen LogP contribution in [0.15, 0.2) is 303 Å². The van der Waals surface area contributed by atoms with Gasteiger partial charge in [0.15, 0.2) is 22.0 Å². The van der Waals surface area contributed by atoms with Gasteiger partial charge in [-0.15, -0.1) is 0 Å². The Bertz CT molecular complexity index is 3940. The Morgan fingerprint density at radius 1 is 0.224 bits per heavy atom. The lowest BCUT2D eigenvalue weighted by atomic mass is 10.1. The third-order valence-corrected chi connectivity index (χ3v) is 25.2. The summed E-state index contributed by atoms with van der Waals surface area (Å²) >= 11 is 0. The minimum Gasteiger partial charge on any atom is -0.294 e. The predicted molar refractivity (Wildman–Crippen MR) is 323 cm³/mol. The van der Waals surface area contributed by atoms with E-state index in [4.69, 9.17) is 9.97 Å². The summed E-state index contributed by atoms with van der Waals surface area (Å²) in [6.45, 7) is 0. The Kier molecular flexibility index (Phi) is 11.2. The van der Waals surface area contributed by atoms with Gasteiger partial charge >= 0.3 is 0 Å². The molecule has 0 N–H and O–H groups in total. The van der Waals surface area contributed by atoms with Crippen molar-refractivity contribution in [1.29, 1.82) is 0 Å². The van der Waals surface area contributed by atoms with Gasteiger partial charge in [-0.3, -0.25) is 9.13 Å². The van der Waals surface area contributed by atoms with E-state index in [1.54, 1.807) is 0 Å². The lowest BCUT2D eigenvalue weighted by molar-refractivity contribution is 0.994. The molecule has 0 atom stereocenters. The first-order chi connectivity index (χ1) is 37.7. The standard InChI is InChI=1S/C70H50N4Si2/c1-8-26-51(27-9-1)70-71-68(73-64-42-24-22-40-60(64)61-41-23-25-43-65(61)73)50-69(72-70)74-66-46-44-58(75(52-28-10-2-11-29-52,53-30-12-3-13-31-53)54-32-14-4-15-33-54)48-62(66)63-49-59(45-47-67(63)74)76(55-34-16-5-17-35-55,56-36-18-6-19-37-56)57-38-20-7-21-39-57/h1-50H. The molecule has 0 amide bonds. The van der Waals surface area contributed by atoms with Crippen molar-refractivity contribution in [3.05, 3.63) is 303 Å². The van der Waals surface area contributed by atoms with Crippen LogP contribution in [-0.4, -0.2) is 35.2 Å². The molecule has 14 rings (SSSR count). The first-order valence-electron chi connectivity index (χ1n) is 26.1. The summed E-state index contributed by atoms with van der Waals surface area (Å²) in [6, 6.07) is 112. The molecular weight excluding hydrogens is 953 g/mol. The molecule has 0 spiro atoms. The van der Waals surface area contributed by atoms with Crippen LogP contribution in [0.3, 0.4) is 0 Å². The van der Waals surface area contributed by atoms with E-state index in [1.807, 2.05) is 0 Å². The van der Waals surface area contributed by atoms with E-state index in [0.29, 0.717) is 5.82 Å². The predicted octanol–water partition coefficient (Wildman–Crippen LogP) is 11.1. The number of hydrogen-bond donors (Lipinski definition) is 0. The Balaban J connectivity index is 1.13. The molecule has 358 valence electrons. The van der Waals surface area contributed by atoms with E-state index < -0.39 is 16.1 Å². The number of aromatic nitrogens is 4. The summed E-state index contributed by atoms with van der Waals surface area (Å²) in [5.41, 5.74) is 5.29. The summed E-state index contributed by atoms with van der Waals surface area (Å²) in [4.78, 5) is 11.1. The van der Waals surface area contributed by atoms with Gasteiger partial charge in [0.1, 0.15) is 11.6 Å². The van der Waals surface area contributed by atoms with E-state index >= 15 is 0 Å². The van der Waals surface area contributed by atoms with Crippen LogP contribution in [0.25, 0.3) is 66.6 Å². The van der Waals surface area contributed by atoms with Crippen LogP contribution >= 0.6 is 0 Å². The molecule has 6 heteroatoms. The van der Waals surface area contributed by atoms with E-state index in [2.05, 4.69) is 312 Å². The molecule has 0 saturated carbocycles. The first-order valence-corrected chi connectivity index (χ1v) is 30.1. The summed E-state index contributed by atoms with van der Waals surface area (Å²) in [5, 5.41) is 15.3. The van der Waals surface area contributed by atoms with Crippen molar-refractivity contribution < 1.29 is 0 Å². The SMILES string of the molecule is c1ccc(-c2nc(-n3c4ccccc4c4ccccc43)cc(-n3c4ccc([Si](c5ccccc5)(c5ccccc5)c5ccccc5)cc4c4cc([Si](c5ccccc5)(c5ccccc5)c5ccccc5)ccc43)n2)cc1. The van der Waals surface area contributed by atoms with Gasteiger partial charge in [-0.2, -0.15) is 0 Å². The zero-order valence-electron chi connectivity index (χ0n) is 41.7. The molecular formula is C70H50N4Si2. The Morgan fingerprint density at radius 2 is 0.500 bits per heavy atom. The second kappa shape index (κ2) is 18.8. The van der Waals surface area contributed by atoms with Gasteiger partial charge in [0.05, 0.1) is 22.1 Å². The molecule has 0 bridgehead atoms. The van der Waals surface area contributed by atoms with Crippen molar-refractivity contribution in [2.75, 3.05) is 0 Å². The highest BCUT2D eigenvalue weighted by molar-refractivity contribution is 7.20. The fraction of sp³-hybridized carbons (Fsp3) is 0. The molecule has 14 aromatic rings. The first kappa shape index (κ1) is 45.2. The average molecular weight is 1000 g/mol. The summed E-state index contributed by atoms with van der Waals surface area (Å²) < 4.78 is 4.71. The minimum atomic E-state index is -2.96. The Hall–Kier alpha value is -9.47. The second-order valence-electron chi connectivity index (χ2n) is 19.6. The maximum atomic E-state index is 5.60. The Labute approximate surface area is 444 Å². The van der Waals surface area contributed by atoms with Crippen molar-refractivity contribution in [1.82, 2.24) is 19.1 Å². The molecule has 11 aromatic carbocycles. The number of benzene rings is 11. The summed E-state index contributed by atoms with van der Waals surface area (Å²) in [7, 11) is -5.93. The second-order valence-corrected chi connectivity index (χ2v) is 27.3.